The molecule has 80 valence electrons. The monoisotopic (exact) mass is 233 g/mol. The van der Waals surface area contributed by atoms with Gasteiger partial charge in [-0.1, -0.05) is 11.6 Å². The molecule has 1 aromatic rings. The van der Waals surface area contributed by atoms with Crippen molar-refractivity contribution in [3.05, 3.63) is 21.3 Å². The third kappa shape index (κ3) is 3.58. The van der Waals surface area contributed by atoms with Gasteiger partial charge in [-0.25, -0.2) is 0 Å². The fourth-order valence-corrected chi connectivity index (χ4v) is 2.42. The second-order valence-electron chi connectivity index (χ2n) is 3.44. The molecule has 14 heavy (non-hydrogen) atoms. The first kappa shape index (κ1) is 12.0. The molecule has 0 saturated heterocycles. The number of thiophene rings is 1. The minimum Gasteiger partial charge on any atom is -0.396 e. The van der Waals surface area contributed by atoms with Crippen LogP contribution in [0.1, 0.15) is 31.2 Å². The maximum Gasteiger partial charge on any atom is 0.0931 e. The molecule has 2 N–H and O–H groups in total. The zero-order valence-corrected chi connectivity index (χ0v) is 10.0. The number of aliphatic hydroxyl groups is 1. The van der Waals surface area contributed by atoms with Gasteiger partial charge in [-0.3, -0.25) is 0 Å². The van der Waals surface area contributed by atoms with Gasteiger partial charge in [0.05, 0.1) is 4.34 Å². The van der Waals surface area contributed by atoms with E-state index in [1.165, 1.54) is 4.88 Å². The van der Waals surface area contributed by atoms with Crippen LogP contribution in [0.2, 0.25) is 4.34 Å². The molecule has 1 heterocycles. The topological polar surface area (TPSA) is 32.3 Å². The molecule has 0 amide bonds. The van der Waals surface area contributed by atoms with Gasteiger partial charge < -0.3 is 10.4 Å². The third-order valence-electron chi connectivity index (χ3n) is 2.12. The van der Waals surface area contributed by atoms with Crippen molar-refractivity contribution in [2.75, 3.05) is 6.61 Å². The first-order valence-corrected chi connectivity index (χ1v) is 5.95. The molecule has 0 aromatic carbocycles. The lowest BCUT2D eigenvalue weighted by molar-refractivity contribution is 0.265. The lowest BCUT2D eigenvalue weighted by atomic mass is 10.2. The van der Waals surface area contributed by atoms with E-state index >= 15 is 0 Å². The van der Waals surface area contributed by atoms with Crippen LogP contribution in [0.5, 0.6) is 0 Å². The SMILES string of the molecule is CC(CCO)NC(C)c1ccc(Cl)s1. The summed E-state index contributed by atoms with van der Waals surface area (Å²) >= 11 is 7.45. The molecule has 2 unspecified atom stereocenters. The van der Waals surface area contributed by atoms with Crippen molar-refractivity contribution >= 4 is 22.9 Å². The van der Waals surface area contributed by atoms with E-state index in [4.69, 9.17) is 16.7 Å². The van der Waals surface area contributed by atoms with Gasteiger partial charge in [0.25, 0.3) is 0 Å². The number of rotatable bonds is 5. The molecule has 2 nitrogen and oxygen atoms in total. The Morgan fingerprint density at radius 3 is 2.71 bits per heavy atom. The van der Waals surface area contributed by atoms with Crippen molar-refractivity contribution in [1.82, 2.24) is 5.32 Å². The highest BCUT2D eigenvalue weighted by atomic mass is 35.5. The summed E-state index contributed by atoms with van der Waals surface area (Å²) in [6.45, 7) is 4.41. The molecule has 0 aliphatic carbocycles. The summed E-state index contributed by atoms with van der Waals surface area (Å²) in [5.41, 5.74) is 0. The number of nitrogens with one attached hydrogen (secondary N) is 1. The van der Waals surface area contributed by atoms with Gasteiger partial charge in [0.1, 0.15) is 0 Å². The molecular formula is C10H16ClNOS. The summed E-state index contributed by atoms with van der Waals surface area (Å²) in [6.07, 6.45) is 0.781. The zero-order chi connectivity index (χ0) is 10.6. The normalized spacial score (nSPS) is 15.4. The van der Waals surface area contributed by atoms with E-state index in [0.29, 0.717) is 12.1 Å². The van der Waals surface area contributed by atoms with Gasteiger partial charge in [0.2, 0.25) is 0 Å². The highest BCUT2D eigenvalue weighted by Crippen LogP contribution is 2.26. The summed E-state index contributed by atoms with van der Waals surface area (Å²) in [7, 11) is 0. The van der Waals surface area contributed by atoms with Gasteiger partial charge in [0, 0.05) is 23.6 Å². The van der Waals surface area contributed by atoms with Crippen molar-refractivity contribution in [2.45, 2.75) is 32.4 Å². The zero-order valence-electron chi connectivity index (χ0n) is 8.46. The van der Waals surface area contributed by atoms with Crippen molar-refractivity contribution in [3.8, 4) is 0 Å². The predicted molar refractivity (Wildman–Crippen MR) is 62.0 cm³/mol. The Morgan fingerprint density at radius 2 is 2.21 bits per heavy atom. The summed E-state index contributed by atoms with van der Waals surface area (Å²) in [4.78, 5) is 1.24. The van der Waals surface area contributed by atoms with Crippen LogP contribution in [0, 0.1) is 0 Å². The Bertz CT molecular complexity index is 277. The van der Waals surface area contributed by atoms with Gasteiger partial charge in [0.15, 0.2) is 0 Å². The molecular weight excluding hydrogens is 218 g/mol. The van der Waals surface area contributed by atoms with E-state index < -0.39 is 0 Å². The average molecular weight is 234 g/mol. The van der Waals surface area contributed by atoms with E-state index in [-0.39, 0.29) is 6.61 Å². The minimum atomic E-state index is 0.228. The Hall–Kier alpha value is -0.0900. The van der Waals surface area contributed by atoms with Crippen LogP contribution in [0.4, 0.5) is 0 Å². The second kappa shape index (κ2) is 5.71. The standard InChI is InChI=1S/C10H16ClNOS/c1-7(5-6-13)12-8(2)9-3-4-10(11)14-9/h3-4,7-8,12-13H,5-6H2,1-2H3. The van der Waals surface area contributed by atoms with Crippen LogP contribution in [0.3, 0.4) is 0 Å². The molecule has 1 aromatic heterocycles. The molecule has 2 atom stereocenters. The van der Waals surface area contributed by atoms with Crippen molar-refractivity contribution in [2.24, 2.45) is 0 Å². The Balaban J connectivity index is 2.45. The molecule has 0 fully saturated rings. The van der Waals surface area contributed by atoms with Crippen LogP contribution >= 0.6 is 22.9 Å². The van der Waals surface area contributed by atoms with Crippen molar-refractivity contribution in [3.63, 3.8) is 0 Å². The average Bonchev–Trinajstić information content (AvgIpc) is 2.52. The van der Waals surface area contributed by atoms with Crippen LogP contribution in [0.15, 0.2) is 12.1 Å². The van der Waals surface area contributed by atoms with Gasteiger partial charge in [-0.2, -0.15) is 0 Å². The largest absolute Gasteiger partial charge is 0.396 e. The fourth-order valence-electron chi connectivity index (χ4n) is 1.35. The Morgan fingerprint density at radius 1 is 1.50 bits per heavy atom. The smallest absolute Gasteiger partial charge is 0.0931 e. The van der Waals surface area contributed by atoms with Crippen molar-refractivity contribution < 1.29 is 5.11 Å². The van der Waals surface area contributed by atoms with Gasteiger partial charge in [-0.05, 0) is 32.4 Å². The number of aliphatic hydroxyl groups excluding tert-OH is 1. The molecule has 0 aliphatic rings. The summed E-state index contributed by atoms with van der Waals surface area (Å²) in [5, 5.41) is 12.2. The molecule has 0 bridgehead atoms. The first-order valence-electron chi connectivity index (χ1n) is 4.75. The summed E-state index contributed by atoms with van der Waals surface area (Å²) in [6, 6.07) is 4.58. The van der Waals surface area contributed by atoms with E-state index in [1.807, 2.05) is 12.1 Å². The Labute approximate surface area is 93.9 Å². The summed E-state index contributed by atoms with van der Waals surface area (Å²) in [5.74, 6) is 0. The first-order chi connectivity index (χ1) is 6.63. The van der Waals surface area contributed by atoms with Crippen LogP contribution in [-0.4, -0.2) is 17.8 Å². The quantitative estimate of drug-likeness (QED) is 0.820. The fraction of sp³-hybridized carbons (Fsp3) is 0.600. The molecule has 0 spiro atoms. The van der Waals surface area contributed by atoms with Crippen molar-refractivity contribution in [1.29, 1.82) is 0 Å². The maximum atomic E-state index is 8.77. The molecule has 4 heteroatoms. The third-order valence-corrected chi connectivity index (χ3v) is 3.53. The number of hydrogen-bond donors (Lipinski definition) is 2. The van der Waals surface area contributed by atoms with E-state index in [2.05, 4.69) is 19.2 Å². The van der Waals surface area contributed by atoms with E-state index in [0.717, 1.165) is 10.8 Å². The molecule has 1 rings (SSSR count). The van der Waals surface area contributed by atoms with Crippen LogP contribution < -0.4 is 5.32 Å². The van der Waals surface area contributed by atoms with Crippen LogP contribution in [0.25, 0.3) is 0 Å². The predicted octanol–water partition coefficient (Wildman–Crippen LogP) is 2.82. The molecule has 0 radical (unpaired) electrons. The highest BCUT2D eigenvalue weighted by molar-refractivity contribution is 7.16. The maximum absolute atomic E-state index is 8.77. The van der Waals surface area contributed by atoms with Gasteiger partial charge in [-0.15, -0.1) is 11.3 Å². The van der Waals surface area contributed by atoms with E-state index in [1.54, 1.807) is 11.3 Å². The van der Waals surface area contributed by atoms with E-state index in [9.17, 15) is 0 Å². The number of halogens is 1. The molecule has 0 aliphatic heterocycles. The minimum absolute atomic E-state index is 0.228. The summed E-state index contributed by atoms with van der Waals surface area (Å²) < 4.78 is 0.823. The highest BCUT2D eigenvalue weighted by Gasteiger charge is 2.10. The lowest BCUT2D eigenvalue weighted by Gasteiger charge is -2.18. The van der Waals surface area contributed by atoms with Crippen LogP contribution in [-0.2, 0) is 0 Å². The second-order valence-corrected chi connectivity index (χ2v) is 5.19. The molecule has 0 saturated carbocycles. The number of hydrogen-bond acceptors (Lipinski definition) is 3. The van der Waals surface area contributed by atoms with Gasteiger partial charge >= 0.3 is 0 Å². The Kier molecular flexibility index (Phi) is 4.89. The lowest BCUT2D eigenvalue weighted by Crippen LogP contribution is -2.29.